The number of hydrogen-bond donors (Lipinski definition) is 3. The van der Waals surface area contributed by atoms with Crippen LogP contribution in [0.25, 0.3) is 0 Å². The Kier molecular flexibility index (Phi) is 4.35. The van der Waals surface area contributed by atoms with Crippen molar-refractivity contribution < 1.29 is 24.6 Å². The van der Waals surface area contributed by atoms with Crippen molar-refractivity contribution in [1.82, 2.24) is 0 Å². The van der Waals surface area contributed by atoms with Crippen molar-refractivity contribution in [2.75, 3.05) is 0 Å². The Hall–Kier alpha value is -1.04. The molecule has 0 spiro atoms. The minimum Gasteiger partial charge on any atom is -0.481 e. The Bertz CT molecular complexity index is 196. The summed E-state index contributed by atoms with van der Waals surface area (Å²) in [5.74, 6) is -3.70. The summed E-state index contributed by atoms with van der Waals surface area (Å²) in [6.07, 6.45) is -0.910. The van der Waals surface area contributed by atoms with Gasteiger partial charge in [-0.25, -0.2) is 0 Å². The summed E-state index contributed by atoms with van der Waals surface area (Å²) in [5, 5.41) is 16.0. The fourth-order valence-electron chi connectivity index (χ4n) is 0.668. The van der Waals surface area contributed by atoms with E-state index >= 15 is 0 Å². The topological polar surface area (TPSA) is 91.7 Å². The Labute approximate surface area is 73.8 Å². The second-order valence-electron chi connectivity index (χ2n) is 2.23. The van der Waals surface area contributed by atoms with E-state index in [1.165, 1.54) is 0 Å². The number of carboxylic acids is 2. The second kappa shape index (κ2) is 4.76. The van der Waals surface area contributed by atoms with Crippen LogP contribution in [0.3, 0.4) is 0 Å². The SMILES string of the molecule is O=C(O)CC(CC(=O)S)C(=O)O. The van der Waals surface area contributed by atoms with Gasteiger partial charge in [-0.2, -0.15) is 0 Å². The third-order valence-corrected chi connectivity index (χ3v) is 1.37. The number of rotatable bonds is 5. The molecule has 2 N–H and O–H groups in total. The van der Waals surface area contributed by atoms with Gasteiger partial charge in [-0.05, 0) is 0 Å². The molecule has 0 saturated carbocycles. The molecule has 0 bridgehead atoms. The van der Waals surface area contributed by atoms with Crippen molar-refractivity contribution in [3.05, 3.63) is 0 Å². The molecule has 68 valence electrons. The molecule has 0 saturated heterocycles. The van der Waals surface area contributed by atoms with E-state index in [0.717, 1.165) is 0 Å². The minimum atomic E-state index is -1.29. The van der Waals surface area contributed by atoms with Gasteiger partial charge in [0.15, 0.2) is 5.12 Å². The smallest absolute Gasteiger partial charge is 0.307 e. The molecule has 0 aromatic rings. The van der Waals surface area contributed by atoms with E-state index in [1.54, 1.807) is 0 Å². The van der Waals surface area contributed by atoms with Crippen molar-refractivity contribution in [1.29, 1.82) is 0 Å². The van der Waals surface area contributed by atoms with Gasteiger partial charge in [0.05, 0.1) is 12.3 Å². The number of carbonyl (C=O) groups excluding carboxylic acids is 1. The zero-order valence-electron chi connectivity index (χ0n) is 6.06. The van der Waals surface area contributed by atoms with E-state index in [4.69, 9.17) is 10.2 Å². The van der Waals surface area contributed by atoms with E-state index in [-0.39, 0.29) is 6.42 Å². The molecule has 0 aromatic heterocycles. The van der Waals surface area contributed by atoms with Gasteiger partial charge in [0, 0.05) is 6.42 Å². The van der Waals surface area contributed by atoms with Gasteiger partial charge in [0.2, 0.25) is 0 Å². The standard InChI is InChI=1S/C6H8O5S/c7-4(8)1-3(6(10)11)2-5(9)12/h3H,1-2H2,(H,7,8)(H,9,12)(H,10,11). The molecule has 0 rings (SSSR count). The van der Waals surface area contributed by atoms with E-state index in [2.05, 4.69) is 12.6 Å². The maximum absolute atomic E-state index is 10.3. The average Bonchev–Trinajstić information content (AvgIpc) is 1.83. The summed E-state index contributed by atoms with van der Waals surface area (Å²) >= 11 is 3.36. The molecule has 0 radical (unpaired) electrons. The van der Waals surface area contributed by atoms with Gasteiger partial charge in [-0.15, -0.1) is 12.6 Å². The summed E-state index contributed by atoms with van der Waals surface area (Å²) in [6.45, 7) is 0. The molecule has 0 aliphatic carbocycles. The summed E-state index contributed by atoms with van der Waals surface area (Å²) in [4.78, 5) is 30.8. The quantitative estimate of drug-likeness (QED) is 0.533. The average molecular weight is 192 g/mol. The zero-order chi connectivity index (χ0) is 9.72. The lowest BCUT2D eigenvalue weighted by Gasteiger charge is -2.05. The largest absolute Gasteiger partial charge is 0.481 e. The van der Waals surface area contributed by atoms with Gasteiger partial charge in [-0.1, -0.05) is 0 Å². The van der Waals surface area contributed by atoms with E-state index < -0.39 is 29.4 Å². The normalized spacial score (nSPS) is 12.1. The zero-order valence-corrected chi connectivity index (χ0v) is 6.95. The third-order valence-electron chi connectivity index (χ3n) is 1.19. The maximum Gasteiger partial charge on any atom is 0.307 e. The molecular formula is C6H8O5S. The fourth-order valence-corrected chi connectivity index (χ4v) is 0.889. The van der Waals surface area contributed by atoms with Crippen LogP contribution in [0.2, 0.25) is 0 Å². The van der Waals surface area contributed by atoms with Crippen LogP contribution < -0.4 is 0 Å². The van der Waals surface area contributed by atoms with Crippen LogP contribution in [0, 0.1) is 5.92 Å². The maximum atomic E-state index is 10.3. The molecule has 0 fully saturated rings. The van der Waals surface area contributed by atoms with Crippen LogP contribution in [0.4, 0.5) is 0 Å². The molecular weight excluding hydrogens is 184 g/mol. The molecule has 1 unspecified atom stereocenters. The number of aliphatic carboxylic acids is 2. The molecule has 6 heteroatoms. The molecule has 0 aliphatic rings. The van der Waals surface area contributed by atoms with Crippen molar-refractivity contribution >= 4 is 29.7 Å². The highest BCUT2D eigenvalue weighted by Gasteiger charge is 2.22. The Balaban J connectivity index is 4.14. The van der Waals surface area contributed by atoms with Crippen LogP contribution in [0.5, 0.6) is 0 Å². The summed E-state index contributed by atoms with van der Waals surface area (Å²) in [7, 11) is 0. The minimum absolute atomic E-state index is 0.356. The molecule has 0 amide bonds. The van der Waals surface area contributed by atoms with Crippen LogP contribution in [0.1, 0.15) is 12.8 Å². The predicted octanol–water partition coefficient (Wildman–Crippen LogP) is 0.00840. The van der Waals surface area contributed by atoms with E-state index in [1.807, 2.05) is 0 Å². The van der Waals surface area contributed by atoms with Crippen molar-refractivity contribution in [3.63, 3.8) is 0 Å². The van der Waals surface area contributed by atoms with Crippen LogP contribution in [0.15, 0.2) is 0 Å². The Morgan fingerprint density at radius 1 is 1.17 bits per heavy atom. The van der Waals surface area contributed by atoms with Crippen LogP contribution >= 0.6 is 12.6 Å². The molecule has 5 nitrogen and oxygen atoms in total. The van der Waals surface area contributed by atoms with Crippen molar-refractivity contribution in [3.8, 4) is 0 Å². The number of carboxylic acid groups (broad SMARTS) is 2. The molecule has 0 heterocycles. The summed E-state index contributed by atoms with van der Waals surface area (Å²) < 4.78 is 0. The van der Waals surface area contributed by atoms with Crippen LogP contribution in [-0.2, 0) is 14.4 Å². The van der Waals surface area contributed by atoms with Gasteiger partial charge in [-0.3, -0.25) is 14.4 Å². The number of hydrogen-bond acceptors (Lipinski definition) is 3. The first kappa shape index (κ1) is 11.0. The highest BCUT2D eigenvalue weighted by Crippen LogP contribution is 2.10. The summed E-state index contributed by atoms with van der Waals surface area (Å²) in [5.41, 5.74) is 0. The first-order chi connectivity index (χ1) is 5.43. The third kappa shape index (κ3) is 4.73. The Morgan fingerprint density at radius 3 is 1.92 bits per heavy atom. The first-order valence-corrected chi connectivity index (χ1v) is 3.54. The van der Waals surface area contributed by atoms with Crippen LogP contribution in [-0.4, -0.2) is 27.3 Å². The molecule has 1 atom stereocenters. The van der Waals surface area contributed by atoms with E-state index in [0.29, 0.717) is 0 Å². The highest BCUT2D eigenvalue weighted by atomic mass is 32.1. The van der Waals surface area contributed by atoms with E-state index in [9.17, 15) is 14.4 Å². The fraction of sp³-hybridized carbons (Fsp3) is 0.500. The van der Waals surface area contributed by atoms with Gasteiger partial charge in [0.1, 0.15) is 0 Å². The first-order valence-electron chi connectivity index (χ1n) is 3.10. The molecule has 12 heavy (non-hydrogen) atoms. The summed E-state index contributed by atoms with van der Waals surface area (Å²) in [6, 6.07) is 0. The monoisotopic (exact) mass is 192 g/mol. The molecule has 0 aliphatic heterocycles. The van der Waals surface area contributed by atoms with Gasteiger partial charge in [0.25, 0.3) is 0 Å². The lowest BCUT2D eigenvalue weighted by molar-refractivity contribution is -0.149. The highest BCUT2D eigenvalue weighted by molar-refractivity contribution is 7.96. The molecule has 0 aromatic carbocycles. The van der Waals surface area contributed by atoms with Gasteiger partial charge >= 0.3 is 11.9 Å². The number of carbonyl (C=O) groups is 3. The Morgan fingerprint density at radius 2 is 1.67 bits per heavy atom. The number of thiol groups is 1. The predicted molar refractivity (Wildman–Crippen MR) is 42.0 cm³/mol. The lowest BCUT2D eigenvalue weighted by Crippen LogP contribution is -2.19. The van der Waals surface area contributed by atoms with Crippen molar-refractivity contribution in [2.45, 2.75) is 12.8 Å². The second-order valence-corrected chi connectivity index (χ2v) is 2.73. The van der Waals surface area contributed by atoms with Crippen molar-refractivity contribution in [2.24, 2.45) is 5.92 Å². The lowest BCUT2D eigenvalue weighted by atomic mass is 10.0. The van der Waals surface area contributed by atoms with Gasteiger partial charge < -0.3 is 10.2 Å².